The average molecular weight is 424 g/mol. The number of fused-ring (bicyclic) bond motifs is 1. The first-order valence-electron chi connectivity index (χ1n) is 12.0. The molecule has 31 heavy (non-hydrogen) atoms. The fourth-order valence-corrected chi connectivity index (χ4v) is 5.89. The zero-order valence-electron chi connectivity index (χ0n) is 18.7. The quantitative estimate of drug-likeness (QED) is 0.609. The van der Waals surface area contributed by atoms with Gasteiger partial charge in [-0.3, -0.25) is 14.9 Å². The van der Waals surface area contributed by atoms with Gasteiger partial charge in [-0.2, -0.15) is 0 Å². The van der Waals surface area contributed by atoms with Crippen LogP contribution in [0.15, 0.2) is 30.7 Å². The van der Waals surface area contributed by atoms with Gasteiger partial charge in [0, 0.05) is 42.2 Å². The van der Waals surface area contributed by atoms with Crippen LogP contribution < -0.4 is 0 Å². The van der Waals surface area contributed by atoms with E-state index in [-0.39, 0.29) is 16.8 Å². The molecule has 2 aromatic rings. The van der Waals surface area contributed by atoms with Gasteiger partial charge in [0.05, 0.1) is 12.8 Å². The van der Waals surface area contributed by atoms with Gasteiger partial charge >= 0.3 is 0 Å². The summed E-state index contributed by atoms with van der Waals surface area (Å²) in [7, 11) is 0. The third-order valence-corrected chi connectivity index (χ3v) is 7.85. The minimum Gasteiger partial charge on any atom is -0.381 e. The molecule has 5 rings (SSSR count). The number of hydrogen-bond donors (Lipinski definition) is 0. The van der Waals surface area contributed by atoms with Crippen LogP contribution in [0.1, 0.15) is 67.8 Å². The summed E-state index contributed by atoms with van der Waals surface area (Å²) in [6.45, 7) is 5.80. The van der Waals surface area contributed by atoms with E-state index in [2.05, 4.69) is 34.2 Å². The average Bonchev–Trinajstić information content (AvgIpc) is 3.51. The number of likely N-dealkylation sites (tertiary alicyclic amines) is 1. The Balaban J connectivity index is 1.35. The van der Waals surface area contributed by atoms with Crippen LogP contribution in [0.25, 0.3) is 0 Å². The number of halogens is 1. The first kappa shape index (κ1) is 21.0. The lowest BCUT2D eigenvalue weighted by molar-refractivity contribution is 0.0441. The van der Waals surface area contributed by atoms with Gasteiger partial charge in [-0.15, -0.1) is 0 Å². The third-order valence-electron chi connectivity index (χ3n) is 7.85. The van der Waals surface area contributed by atoms with Crippen molar-refractivity contribution < 1.29 is 9.13 Å². The molecule has 1 aliphatic heterocycles. The summed E-state index contributed by atoms with van der Waals surface area (Å²) in [4.78, 5) is 11.7. The van der Waals surface area contributed by atoms with Gasteiger partial charge in [0.15, 0.2) is 0 Å². The Morgan fingerprint density at radius 1 is 1.10 bits per heavy atom. The molecule has 1 saturated heterocycles. The largest absolute Gasteiger partial charge is 0.381 e. The molecule has 2 aliphatic carbocycles. The number of hydrogen-bond acceptors (Lipinski definition) is 4. The summed E-state index contributed by atoms with van der Waals surface area (Å²) in [6, 6.07) is 3.34. The molecule has 166 valence electrons. The Bertz CT molecular complexity index is 911. The van der Waals surface area contributed by atoms with E-state index in [1.807, 2.05) is 6.07 Å². The number of pyridine rings is 2. The lowest BCUT2D eigenvalue weighted by Gasteiger charge is -2.34. The van der Waals surface area contributed by atoms with Crippen molar-refractivity contribution in [2.45, 2.75) is 70.3 Å². The highest BCUT2D eigenvalue weighted by Gasteiger charge is 2.55. The maximum absolute atomic E-state index is 13.2. The summed E-state index contributed by atoms with van der Waals surface area (Å²) < 4.78 is 19.2. The zero-order valence-corrected chi connectivity index (χ0v) is 18.7. The summed E-state index contributed by atoms with van der Waals surface area (Å²) in [5.74, 6) is -0.268. The van der Waals surface area contributed by atoms with Gasteiger partial charge in [0.25, 0.3) is 0 Å². The number of rotatable bonds is 8. The second-order valence-corrected chi connectivity index (χ2v) is 9.84. The van der Waals surface area contributed by atoms with Crippen LogP contribution in [-0.4, -0.2) is 41.2 Å². The van der Waals surface area contributed by atoms with Crippen molar-refractivity contribution in [2.75, 3.05) is 26.3 Å². The van der Waals surface area contributed by atoms with E-state index in [1.165, 1.54) is 61.9 Å². The smallest absolute Gasteiger partial charge is 0.141 e. The van der Waals surface area contributed by atoms with E-state index in [0.29, 0.717) is 0 Å². The lowest BCUT2D eigenvalue weighted by Crippen LogP contribution is -2.38. The van der Waals surface area contributed by atoms with E-state index in [4.69, 9.17) is 4.74 Å². The fraction of sp³-hybridized carbons (Fsp3) is 0.615. The van der Waals surface area contributed by atoms with Gasteiger partial charge in [0.2, 0.25) is 0 Å². The molecule has 1 unspecified atom stereocenters. The number of ether oxygens (including phenoxy) is 1. The highest BCUT2D eigenvalue weighted by atomic mass is 19.1. The first-order chi connectivity index (χ1) is 15.1. The molecule has 0 aromatic carbocycles. The second kappa shape index (κ2) is 8.59. The van der Waals surface area contributed by atoms with Crippen molar-refractivity contribution in [3.63, 3.8) is 0 Å². The van der Waals surface area contributed by atoms with Crippen molar-refractivity contribution >= 4 is 0 Å². The molecular formula is C26H34FN3O. The standard InChI is InChI=1S/C26H34FN3O/c1-2-31-19-25(10-9-22-8-7-21(27)16-29-22)13-14-30(18-25)26(11-12-26)24-17-28-15-20-5-3-4-6-23(20)24/h7-8,15-17H,2-6,9-14,18-19H2,1H3. The molecule has 0 radical (unpaired) electrons. The molecular weight excluding hydrogens is 389 g/mol. The van der Waals surface area contributed by atoms with E-state index >= 15 is 0 Å². The highest BCUT2D eigenvalue weighted by molar-refractivity contribution is 5.42. The first-order valence-corrected chi connectivity index (χ1v) is 12.0. The van der Waals surface area contributed by atoms with Gasteiger partial charge in [-0.25, -0.2) is 4.39 Å². The van der Waals surface area contributed by atoms with Crippen LogP contribution >= 0.6 is 0 Å². The number of nitrogens with zero attached hydrogens (tertiary/aromatic N) is 3. The van der Waals surface area contributed by atoms with E-state index in [0.717, 1.165) is 51.3 Å². The summed E-state index contributed by atoms with van der Waals surface area (Å²) >= 11 is 0. The molecule has 0 amide bonds. The molecule has 3 heterocycles. The van der Waals surface area contributed by atoms with Crippen LogP contribution in [0.2, 0.25) is 0 Å². The monoisotopic (exact) mass is 423 g/mol. The molecule has 4 nitrogen and oxygen atoms in total. The van der Waals surface area contributed by atoms with Gasteiger partial charge in [0.1, 0.15) is 5.82 Å². The summed E-state index contributed by atoms with van der Waals surface area (Å²) in [6.07, 6.45) is 16.1. The molecule has 1 atom stereocenters. The minimum absolute atomic E-state index is 0.143. The van der Waals surface area contributed by atoms with Gasteiger partial charge in [-0.05, 0) is 100 Å². The van der Waals surface area contributed by atoms with Gasteiger partial charge in [-0.1, -0.05) is 0 Å². The van der Waals surface area contributed by atoms with Crippen molar-refractivity contribution in [2.24, 2.45) is 5.41 Å². The SMILES string of the molecule is CCOCC1(CCc2ccc(F)cn2)CCN(C2(c3cncc4c3CCCC4)CC2)C1. The topological polar surface area (TPSA) is 38.2 Å². The van der Waals surface area contributed by atoms with Crippen molar-refractivity contribution in [1.82, 2.24) is 14.9 Å². The predicted octanol–water partition coefficient (Wildman–Crippen LogP) is 4.85. The van der Waals surface area contributed by atoms with Crippen molar-refractivity contribution in [3.05, 3.63) is 58.9 Å². The molecule has 3 aliphatic rings. The Labute approximate surface area is 185 Å². The van der Waals surface area contributed by atoms with E-state index in [1.54, 1.807) is 5.56 Å². The fourth-order valence-electron chi connectivity index (χ4n) is 5.89. The number of aromatic nitrogens is 2. The Hall–Kier alpha value is -1.85. The molecule has 2 aromatic heterocycles. The Morgan fingerprint density at radius 3 is 2.74 bits per heavy atom. The maximum atomic E-state index is 13.2. The van der Waals surface area contributed by atoms with Crippen molar-refractivity contribution in [1.29, 1.82) is 0 Å². The van der Waals surface area contributed by atoms with Crippen molar-refractivity contribution in [3.8, 4) is 0 Å². The zero-order chi connectivity index (χ0) is 21.3. The number of aryl methyl sites for hydroxylation is 2. The van der Waals surface area contributed by atoms with E-state index < -0.39 is 0 Å². The normalized spacial score (nSPS) is 24.8. The predicted molar refractivity (Wildman–Crippen MR) is 119 cm³/mol. The molecule has 1 saturated carbocycles. The van der Waals surface area contributed by atoms with Gasteiger partial charge < -0.3 is 4.74 Å². The third kappa shape index (κ3) is 4.14. The van der Waals surface area contributed by atoms with E-state index in [9.17, 15) is 4.39 Å². The molecule has 0 spiro atoms. The molecule has 0 bridgehead atoms. The minimum atomic E-state index is -0.268. The summed E-state index contributed by atoms with van der Waals surface area (Å²) in [5.41, 5.74) is 5.89. The van der Waals surface area contributed by atoms with Crippen LogP contribution in [0, 0.1) is 11.2 Å². The molecule has 2 fully saturated rings. The highest BCUT2D eigenvalue weighted by Crippen LogP contribution is 2.56. The molecule has 0 N–H and O–H groups in total. The maximum Gasteiger partial charge on any atom is 0.141 e. The van der Waals surface area contributed by atoms with Crippen LogP contribution in [0.4, 0.5) is 4.39 Å². The van der Waals surface area contributed by atoms with Crippen LogP contribution in [-0.2, 0) is 29.5 Å². The Morgan fingerprint density at radius 2 is 1.97 bits per heavy atom. The lowest BCUT2D eigenvalue weighted by atomic mass is 9.82. The second-order valence-electron chi connectivity index (χ2n) is 9.84. The van der Waals surface area contributed by atoms with Crippen LogP contribution in [0.3, 0.4) is 0 Å². The Kier molecular flexibility index (Phi) is 5.82. The molecule has 5 heteroatoms. The van der Waals surface area contributed by atoms with Crippen LogP contribution in [0.5, 0.6) is 0 Å². The summed E-state index contributed by atoms with van der Waals surface area (Å²) in [5, 5.41) is 0.